The third-order valence-electron chi connectivity index (χ3n) is 3.78. The summed E-state index contributed by atoms with van der Waals surface area (Å²) in [6, 6.07) is 22.7. The molecule has 3 aromatic rings. The second kappa shape index (κ2) is 7.30. The molecule has 130 valence electrons. The van der Waals surface area contributed by atoms with E-state index in [4.69, 9.17) is 5.26 Å². The molecule has 0 bridgehead atoms. The lowest BCUT2D eigenvalue weighted by atomic mass is 10.2. The summed E-state index contributed by atoms with van der Waals surface area (Å²) in [6.45, 7) is 2.00. The minimum absolute atomic E-state index is 0.0432. The van der Waals surface area contributed by atoms with Gasteiger partial charge in [-0.15, -0.1) is 0 Å². The molecule has 0 aliphatic rings. The number of rotatable bonds is 5. The van der Waals surface area contributed by atoms with Crippen molar-refractivity contribution in [3.05, 3.63) is 83.9 Å². The van der Waals surface area contributed by atoms with Gasteiger partial charge in [-0.1, -0.05) is 35.9 Å². The molecular formula is C20H17N3O2S. The molecule has 26 heavy (non-hydrogen) atoms. The van der Waals surface area contributed by atoms with E-state index in [-0.39, 0.29) is 4.90 Å². The quantitative estimate of drug-likeness (QED) is 0.703. The van der Waals surface area contributed by atoms with E-state index >= 15 is 0 Å². The van der Waals surface area contributed by atoms with Crippen LogP contribution in [0.5, 0.6) is 0 Å². The van der Waals surface area contributed by atoms with Gasteiger partial charge in [0.1, 0.15) is 0 Å². The molecule has 0 spiro atoms. The van der Waals surface area contributed by atoms with Crippen LogP contribution in [0, 0.1) is 18.3 Å². The summed E-state index contributed by atoms with van der Waals surface area (Å²) >= 11 is 0. The molecule has 0 aliphatic heterocycles. The van der Waals surface area contributed by atoms with E-state index in [1.54, 1.807) is 30.3 Å². The van der Waals surface area contributed by atoms with Crippen molar-refractivity contribution < 1.29 is 8.42 Å². The Morgan fingerprint density at radius 2 is 1.58 bits per heavy atom. The first-order valence-electron chi connectivity index (χ1n) is 7.94. The Hall–Kier alpha value is -3.30. The molecule has 6 heteroatoms. The fourth-order valence-corrected chi connectivity index (χ4v) is 3.54. The Kier molecular flexibility index (Phi) is 4.92. The summed E-state index contributed by atoms with van der Waals surface area (Å²) < 4.78 is 27.9. The first kappa shape index (κ1) is 17.5. The van der Waals surface area contributed by atoms with Gasteiger partial charge in [0.25, 0.3) is 10.0 Å². The highest BCUT2D eigenvalue weighted by Gasteiger charge is 2.16. The minimum Gasteiger partial charge on any atom is -0.354 e. The van der Waals surface area contributed by atoms with Crippen molar-refractivity contribution in [3.8, 4) is 6.07 Å². The Morgan fingerprint density at radius 3 is 2.27 bits per heavy atom. The molecule has 0 heterocycles. The van der Waals surface area contributed by atoms with E-state index in [0.717, 1.165) is 11.3 Å². The zero-order valence-corrected chi connectivity index (χ0v) is 14.9. The van der Waals surface area contributed by atoms with Gasteiger partial charge in [0, 0.05) is 5.69 Å². The fourth-order valence-electron chi connectivity index (χ4n) is 2.41. The maximum absolute atomic E-state index is 12.7. The molecule has 2 N–H and O–H groups in total. The number of benzene rings is 3. The highest BCUT2D eigenvalue weighted by atomic mass is 32.2. The highest BCUT2D eigenvalue weighted by molar-refractivity contribution is 7.92. The second-order valence-electron chi connectivity index (χ2n) is 5.78. The maximum atomic E-state index is 12.7. The summed E-state index contributed by atoms with van der Waals surface area (Å²) in [6.07, 6.45) is 0. The Morgan fingerprint density at radius 1 is 0.885 bits per heavy atom. The van der Waals surface area contributed by atoms with Crippen LogP contribution in [-0.2, 0) is 10.0 Å². The molecule has 0 amide bonds. The smallest absolute Gasteiger partial charge is 0.262 e. The maximum Gasteiger partial charge on any atom is 0.262 e. The number of hydrogen-bond donors (Lipinski definition) is 2. The van der Waals surface area contributed by atoms with Crippen LogP contribution in [0.2, 0.25) is 0 Å². The van der Waals surface area contributed by atoms with Crippen LogP contribution >= 0.6 is 0 Å². The van der Waals surface area contributed by atoms with Gasteiger partial charge >= 0.3 is 0 Å². The zero-order valence-electron chi connectivity index (χ0n) is 14.1. The van der Waals surface area contributed by atoms with Gasteiger partial charge in [-0.25, -0.2) is 8.42 Å². The number of sulfonamides is 1. The van der Waals surface area contributed by atoms with Gasteiger partial charge in [0.15, 0.2) is 0 Å². The number of nitrogens with one attached hydrogen (secondary N) is 2. The lowest BCUT2D eigenvalue weighted by Crippen LogP contribution is -2.14. The van der Waals surface area contributed by atoms with Gasteiger partial charge in [-0.3, -0.25) is 4.72 Å². The molecule has 0 saturated carbocycles. The largest absolute Gasteiger partial charge is 0.354 e. The summed E-state index contributed by atoms with van der Waals surface area (Å²) in [5, 5.41) is 12.2. The van der Waals surface area contributed by atoms with Gasteiger partial charge in [0.05, 0.1) is 27.9 Å². The molecule has 0 aliphatic carbocycles. The van der Waals surface area contributed by atoms with E-state index in [2.05, 4.69) is 10.0 Å². The summed E-state index contributed by atoms with van der Waals surface area (Å²) in [7, 11) is -3.81. The number of para-hydroxylation sites is 2. The van der Waals surface area contributed by atoms with Gasteiger partial charge in [-0.05, 0) is 49.4 Å². The molecule has 3 aromatic carbocycles. The summed E-state index contributed by atoms with van der Waals surface area (Å²) in [5.74, 6) is 0. The average Bonchev–Trinajstić information content (AvgIpc) is 2.65. The van der Waals surface area contributed by atoms with Crippen LogP contribution in [0.1, 0.15) is 11.1 Å². The van der Waals surface area contributed by atoms with Gasteiger partial charge in [0.2, 0.25) is 0 Å². The SMILES string of the molecule is Cc1ccc(Nc2ccccc2NS(=O)(=O)c2cccc(C#N)c2)cc1. The van der Waals surface area contributed by atoms with Crippen molar-refractivity contribution >= 4 is 27.1 Å². The average molecular weight is 363 g/mol. The number of hydrogen-bond acceptors (Lipinski definition) is 4. The Balaban J connectivity index is 1.90. The zero-order chi connectivity index (χ0) is 18.6. The minimum atomic E-state index is -3.81. The Labute approximate surface area is 153 Å². The van der Waals surface area contributed by atoms with Crippen molar-refractivity contribution in [1.82, 2.24) is 0 Å². The van der Waals surface area contributed by atoms with Crippen LogP contribution in [0.15, 0.2) is 77.7 Å². The van der Waals surface area contributed by atoms with Crippen molar-refractivity contribution in [2.45, 2.75) is 11.8 Å². The van der Waals surface area contributed by atoms with Crippen LogP contribution in [0.4, 0.5) is 17.1 Å². The standard InChI is InChI=1S/C20H17N3O2S/c1-15-9-11-17(12-10-15)22-19-7-2-3-8-20(19)23-26(24,25)18-6-4-5-16(13-18)14-21/h2-13,22-23H,1H3. The van der Waals surface area contributed by atoms with Crippen molar-refractivity contribution in [2.24, 2.45) is 0 Å². The lowest BCUT2D eigenvalue weighted by molar-refractivity contribution is 0.601. The first-order chi connectivity index (χ1) is 12.5. The molecule has 0 unspecified atom stereocenters. The molecule has 0 saturated heterocycles. The normalized spacial score (nSPS) is 10.8. The third kappa shape index (κ3) is 4.02. The molecule has 0 atom stereocenters. The van der Waals surface area contributed by atoms with Crippen LogP contribution in [0.25, 0.3) is 0 Å². The number of anilines is 3. The van der Waals surface area contributed by atoms with Crippen LogP contribution in [-0.4, -0.2) is 8.42 Å². The van der Waals surface area contributed by atoms with Crippen LogP contribution < -0.4 is 10.0 Å². The number of nitrogens with zero attached hydrogens (tertiary/aromatic N) is 1. The summed E-state index contributed by atoms with van der Waals surface area (Å²) in [5.41, 5.74) is 3.35. The molecule has 0 aromatic heterocycles. The third-order valence-corrected chi connectivity index (χ3v) is 5.14. The van der Waals surface area contributed by atoms with E-state index in [9.17, 15) is 8.42 Å². The molecule has 3 rings (SSSR count). The van der Waals surface area contributed by atoms with Crippen LogP contribution in [0.3, 0.4) is 0 Å². The topological polar surface area (TPSA) is 82.0 Å². The molecule has 5 nitrogen and oxygen atoms in total. The highest BCUT2D eigenvalue weighted by Crippen LogP contribution is 2.27. The van der Waals surface area contributed by atoms with E-state index in [1.165, 1.54) is 12.1 Å². The predicted octanol–water partition coefficient (Wildman–Crippen LogP) is 4.41. The van der Waals surface area contributed by atoms with E-state index in [1.807, 2.05) is 43.3 Å². The van der Waals surface area contributed by atoms with Crippen molar-refractivity contribution in [3.63, 3.8) is 0 Å². The number of nitriles is 1. The van der Waals surface area contributed by atoms with Crippen molar-refractivity contribution in [1.29, 1.82) is 5.26 Å². The monoisotopic (exact) mass is 363 g/mol. The predicted molar refractivity (Wildman–Crippen MR) is 103 cm³/mol. The van der Waals surface area contributed by atoms with Crippen molar-refractivity contribution in [2.75, 3.05) is 10.0 Å². The van der Waals surface area contributed by atoms with E-state index in [0.29, 0.717) is 16.9 Å². The first-order valence-corrected chi connectivity index (χ1v) is 9.42. The summed E-state index contributed by atoms with van der Waals surface area (Å²) in [4.78, 5) is 0.0432. The fraction of sp³-hybridized carbons (Fsp3) is 0.0500. The molecule has 0 fully saturated rings. The van der Waals surface area contributed by atoms with Gasteiger partial charge in [-0.2, -0.15) is 5.26 Å². The molecule has 0 radical (unpaired) electrons. The molecular weight excluding hydrogens is 346 g/mol. The lowest BCUT2D eigenvalue weighted by Gasteiger charge is -2.14. The van der Waals surface area contributed by atoms with Gasteiger partial charge < -0.3 is 5.32 Å². The number of aryl methyl sites for hydroxylation is 1. The van der Waals surface area contributed by atoms with E-state index < -0.39 is 10.0 Å². The Bertz CT molecular complexity index is 1070. The second-order valence-corrected chi connectivity index (χ2v) is 7.46.